The third-order valence-electron chi connectivity index (χ3n) is 1.63. The number of benzene rings is 1. The average molecular weight is 181 g/mol. The second-order valence-electron chi connectivity index (χ2n) is 2.70. The van der Waals surface area contributed by atoms with Gasteiger partial charge in [-0.25, -0.2) is 4.39 Å². The first-order valence-corrected chi connectivity index (χ1v) is 4.06. The fourth-order valence-electron chi connectivity index (χ4n) is 0.941. The van der Waals surface area contributed by atoms with Gasteiger partial charge in [-0.1, -0.05) is 18.2 Å². The summed E-state index contributed by atoms with van der Waals surface area (Å²) in [5, 5.41) is 8.50. The number of nitrogen functional groups attached to an aromatic ring is 1. The van der Waals surface area contributed by atoms with Gasteiger partial charge in [-0.2, -0.15) is 0 Å². The summed E-state index contributed by atoms with van der Waals surface area (Å²) in [6.45, 7) is 0.105. The van der Waals surface area contributed by atoms with Crippen LogP contribution >= 0.6 is 0 Å². The first-order valence-electron chi connectivity index (χ1n) is 4.06. The van der Waals surface area contributed by atoms with Crippen molar-refractivity contribution in [1.82, 2.24) is 0 Å². The molecule has 3 heteroatoms. The van der Waals surface area contributed by atoms with Gasteiger partial charge in [0.15, 0.2) is 0 Å². The van der Waals surface area contributed by atoms with Crippen molar-refractivity contribution in [3.8, 4) is 0 Å². The van der Waals surface area contributed by atoms with Crippen LogP contribution in [0.2, 0.25) is 0 Å². The van der Waals surface area contributed by atoms with Crippen LogP contribution in [0.4, 0.5) is 10.1 Å². The van der Waals surface area contributed by atoms with Gasteiger partial charge in [-0.05, 0) is 24.1 Å². The van der Waals surface area contributed by atoms with Crippen LogP contribution in [0.25, 0.3) is 6.08 Å². The molecule has 2 nitrogen and oxygen atoms in total. The smallest absolute Gasteiger partial charge is 0.146 e. The molecule has 0 radical (unpaired) electrons. The van der Waals surface area contributed by atoms with Gasteiger partial charge in [0.1, 0.15) is 5.82 Å². The first-order chi connectivity index (χ1) is 6.24. The van der Waals surface area contributed by atoms with Crippen LogP contribution < -0.4 is 5.73 Å². The summed E-state index contributed by atoms with van der Waals surface area (Å²) in [6, 6.07) is 4.61. The van der Waals surface area contributed by atoms with E-state index in [0.29, 0.717) is 6.42 Å². The Hall–Kier alpha value is -1.35. The van der Waals surface area contributed by atoms with Crippen LogP contribution in [0.1, 0.15) is 12.0 Å². The lowest BCUT2D eigenvalue weighted by atomic mass is 10.2. The molecule has 70 valence electrons. The normalized spacial score (nSPS) is 10.9. The maximum absolute atomic E-state index is 12.9. The molecule has 1 rings (SSSR count). The number of hydrogen-bond acceptors (Lipinski definition) is 2. The molecule has 0 saturated carbocycles. The maximum Gasteiger partial charge on any atom is 0.146 e. The van der Waals surface area contributed by atoms with E-state index in [4.69, 9.17) is 10.8 Å². The van der Waals surface area contributed by atoms with Crippen LogP contribution in [0.5, 0.6) is 0 Å². The Morgan fingerprint density at radius 3 is 2.85 bits per heavy atom. The molecule has 1 aromatic rings. The molecule has 0 atom stereocenters. The zero-order valence-corrected chi connectivity index (χ0v) is 7.20. The molecule has 0 fully saturated rings. The Labute approximate surface area is 76.5 Å². The highest BCUT2D eigenvalue weighted by Crippen LogP contribution is 2.12. The van der Waals surface area contributed by atoms with Gasteiger partial charge in [-0.3, -0.25) is 0 Å². The van der Waals surface area contributed by atoms with Crippen LogP contribution in [-0.2, 0) is 0 Å². The molecule has 0 saturated heterocycles. The summed E-state index contributed by atoms with van der Waals surface area (Å²) < 4.78 is 12.9. The van der Waals surface area contributed by atoms with Gasteiger partial charge in [-0.15, -0.1) is 0 Å². The Morgan fingerprint density at radius 1 is 1.46 bits per heavy atom. The van der Waals surface area contributed by atoms with Crippen LogP contribution in [-0.4, -0.2) is 11.7 Å². The molecular weight excluding hydrogens is 169 g/mol. The quantitative estimate of drug-likeness (QED) is 0.698. The van der Waals surface area contributed by atoms with E-state index in [-0.39, 0.29) is 12.3 Å². The molecule has 0 spiro atoms. The Bertz CT molecular complexity index is 310. The summed E-state index contributed by atoms with van der Waals surface area (Å²) >= 11 is 0. The second kappa shape index (κ2) is 4.62. The molecular formula is C10H12FNO. The van der Waals surface area contributed by atoms with Crippen LogP contribution in [0.3, 0.4) is 0 Å². The molecule has 0 aliphatic carbocycles. The van der Waals surface area contributed by atoms with Crippen molar-refractivity contribution >= 4 is 11.8 Å². The van der Waals surface area contributed by atoms with E-state index >= 15 is 0 Å². The molecule has 0 bridgehead atoms. The van der Waals surface area contributed by atoms with Gasteiger partial charge >= 0.3 is 0 Å². The maximum atomic E-state index is 12.9. The number of nitrogens with two attached hydrogens (primary N) is 1. The summed E-state index contributed by atoms with van der Waals surface area (Å²) in [7, 11) is 0. The third kappa shape index (κ3) is 2.87. The highest BCUT2D eigenvalue weighted by molar-refractivity contribution is 5.54. The van der Waals surface area contributed by atoms with E-state index in [1.54, 1.807) is 18.2 Å². The minimum Gasteiger partial charge on any atom is -0.396 e. The van der Waals surface area contributed by atoms with E-state index < -0.39 is 5.82 Å². The topological polar surface area (TPSA) is 46.2 Å². The summed E-state index contributed by atoms with van der Waals surface area (Å²) in [6.07, 6.45) is 4.11. The van der Waals surface area contributed by atoms with E-state index in [0.717, 1.165) is 5.56 Å². The van der Waals surface area contributed by atoms with Crippen molar-refractivity contribution in [3.05, 3.63) is 35.7 Å². The SMILES string of the molecule is Nc1ccc(C=CCCO)cc1F. The molecule has 0 aliphatic heterocycles. The number of aliphatic hydroxyl groups is 1. The fraction of sp³-hybridized carbons (Fsp3) is 0.200. The van der Waals surface area contributed by atoms with Gasteiger partial charge < -0.3 is 10.8 Å². The standard InChI is InChI=1S/C10H12FNO/c11-9-7-8(3-1-2-6-13)4-5-10(9)12/h1,3-5,7,13H,2,6,12H2. The van der Waals surface area contributed by atoms with Crippen LogP contribution in [0.15, 0.2) is 24.3 Å². The van der Waals surface area contributed by atoms with Crippen molar-refractivity contribution in [1.29, 1.82) is 0 Å². The molecule has 3 N–H and O–H groups in total. The summed E-state index contributed by atoms with van der Waals surface area (Å²) in [4.78, 5) is 0. The molecule has 0 aliphatic rings. The van der Waals surface area contributed by atoms with Crippen molar-refractivity contribution in [2.75, 3.05) is 12.3 Å². The summed E-state index contributed by atoms with van der Waals surface area (Å²) in [5.74, 6) is -0.411. The number of aliphatic hydroxyl groups excluding tert-OH is 1. The molecule has 1 aromatic carbocycles. The van der Waals surface area contributed by atoms with Crippen LogP contribution in [0, 0.1) is 5.82 Å². The number of hydrogen-bond donors (Lipinski definition) is 2. The number of rotatable bonds is 3. The number of halogens is 1. The second-order valence-corrected chi connectivity index (χ2v) is 2.70. The molecule has 13 heavy (non-hydrogen) atoms. The van der Waals surface area contributed by atoms with Gasteiger partial charge in [0.2, 0.25) is 0 Å². The van der Waals surface area contributed by atoms with Gasteiger partial charge in [0, 0.05) is 6.61 Å². The van der Waals surface area contributed by atoms with E-state index in [9.17, 15) is 4.39 Å². The molecule has 0 heterocycles. The highest BCUT2D eigenvalue weighted by atomic mass is 19.1. The predicted octanol–water partition coefficient (Wildman–Crippen LogP) is 1.80. The summed E-state index contributed by atoms with van der Waals surface area (Å²) in [5.41, 5.74) is 6.21. The minimum atomic E-state index is -0.411. The van der Waals surface area contributed by atoms with Gasteiger partial charge in [0.05, 0.1) is 5.69 Å². The van der Waals surface area contributed by atoms with Crippen molar-refractivity contribution < 1.29 is 9.50 Å². The molecule has 0 unspecified atom stereocenters. The van der Waals surface area contributed by atoms with E-state index in [2.05, 4.69) is 0 Å². The third-order valence-corrected chi connectivity index (χ3v) is 1.63. The zero-order valence-electron chi connectivity index (χ0n) is 7.20. The van der Waals surface area contributed by atoms with Crippen molar-refractivity contribution in [2.24, 2.45) is 0 Å². The van der Waals surface area contributed by atoms with Crippen molar-refractivity contribution in [3.63, 3.8) is 0 Å². The van der Waals surface area contributed by atoms with E-state index in [1.807, 2.05) is 0 Å². The largest absolute Gasteiger partial charge is 0.396 e. The first kappa shape index (κ1) is 9.74. The Balaban J connectivity index is 2.73. The minimum absolute atomic E-state index is 0.105. The molecule has 0 aromatic heterocycles. The monoisotopic (exact) mass is 181 g/mol. The number of anilines is 1. The highest BCUT2D eigenvalue weighted by Gasteiger charge is 1.96. The lowest BCUT2D eigenvalue weighted by Gasteiger charge is -1.97. The molecule has 0 amide bonds. The lowest BCUT2D eigenvalue weighted by molar-refractivity contribution is 0.303. The zero-order chi connectivity index (χ0) is 9.68. The van der Waals surface area contributed by atoms with Crippen molar-refractivity contribution in [2.45, 2.75) is 6.42 Å². The van der Waals surface area contributed by atoms with E-state index in [1.165, 1.54) is 12.1 Å². The lowest BCUT2D eigenvalue weighted by Crippen LogP contribution is -1.89. The predicted molar refractivity (Wildman–Crippen MR) is 51.5 cm³/mol. The average Bonchev–Trinajstić information content (AvgIpc) is 2.12. The Kier molecular flexibility index (Phi) is 3.46. The Morgan fingerprint density at radius 2 is 2.23 bits per heavy atom. The fourth-order valence-corrected chi connectivity index (χ4v) is 0.941. The van der Waals surface area contributed by atoms with Gasteiger partial charge in [0.25, 0.3) is 0 Å².